The van der Waals surface area contributed by atoms with E-state index in [1.807, 2.05) is 24.5 Å². The molecule has 1 heterocycles. The smallest absolute Gasteiger partial charge is 0.0491 e. The third kappa shape index (κ3) is 3.01. The molecule has 0 aliphatic carbocycles. The minimum Gasteiger partial charge on any atom is -0.384 e. The lowest BCUT2D eigenvalue weighted by Crippen LogP contribution is -2.06. The fraction of sp³-hybridized carbons (Fsp3) is 0.500. The van der Waals surface area contributed by atoms with Crippen molar-refractivity contribution in [3.8, 4) is 0 Å². The van der Waals surface area contributed by atoms with Crippen LogP contribution >= 0.6 is 0 Å². The van der Waals surface area contributed by atoms with Crippen molar-refractivity contribution < 1.29 is 4.74 Å². The summed E-state index contributed by atoms with van der Waals surface area (Å²) in [5.41, 5.74) is 1.33. The standard InChI is InChI=1S/C10H15NO/c1-9(8-12-2)7-10-3-5-11-6-4-10/h3-6,9H,7-8H2,1-2H3/t9-/m1/s1. The Morgan fingerprint density at radius 2 is 2.08 bits per heavy atom. The average molecular weight is 165 g/mol. The maximum Gasteiger partial charge on any atom is 0.0491 e. The molecule has 0 bridgehead atoms. The summed E-state index contributed by atoms with van der Waals surface area (Å²) in [5, 5.41) is 0. The summed E-state index contributed by atoms with van der Waals surface area (Å²) in [5.74, 6) is 0.581. The molecule has 0 radical (unpaired) electrons. The summed E-state index contributed by atoms with van der Waals surface area (Å²) in [4.78, 5) is 3.97. The number of pyridine rings is 1. The molecular formula is C10H15NO. The lowest BCUT2D eigenvalue weighted by atomic mass is 10.0. The number of aromatic nitrogens is 1. The molecule has 0 aromatic carbocycles. The lowest BCUT2D eigenvalue weighted by molar-refractivity contribution is 0.159. The molecule has 1 aromatic rings. The number of ether oxygens (including phenoxy) is 1. The van der Waals surface area contributed by atoms with E-state index in [4.69, 9.17) is 4.74 Å². The highest BCUT2D eigenvalue weighted by Gasteiger charge is 2.01. The number of methoxy groups -OCH3 is 1. The van der Waals surface area contributed by atoms with Crippen molar-refractivity contribution in [3.63, 3.8) is 0 Å². The minimum absolute atomic E-state index is 0.581. The number of nitrogens with zero attached hydrogens (tertiary/aromatic N) is 1. The zero-order chi connectivity index (χ0) is 8.81. The van der Waals surface area contributed by atoms with Gasteiger partial charge in [0.05, 0.1) is 0 Å². The van der Waals surface area contributed by atoms with E-state index >= 15 is 0 Å². The molecule has 0 unspecified atom stereocenters. The van der Waals surface area contributed by atoms with E-state index in [-0.39, 0.29) is 0 Å². The van der Waals surface area contributed by atoms with Crippen LogP contribution in [0, 0.1) is 5.92 Å². The molecule has 0 amide bonds. The van der Waals surface area contributed by atoms with Gasteiger partial charge in [0.1, 0.15) is 0 Å². The van der Waals surface area contributed by atoms with Crippen LogP contribution in [0.3, 0.4) is 0 Å². The first-order valence-electron chi connectivity index (χ1n) is 4.20. The van der Waals surface area contributed by atoms with Crippen LogP contribution in [0.4, 0.5) is 0 Å². The summed E-state index contributed by atoms with van der Waals surface area (Å²) < 4.78 is 5.06. The fourth-order valence-electron chi connectivity index (χ4n) is 1.26. The Labute approximate surface area is 73.6 Å². The largest absolute Gasteiger partial charge is 0.384 e. The first kappa shape index (κ1) is 9.20. The van der Waals surface area contributed by atoms with Gasteiger partial charge in [-0.25, -0.2) is 0 Å². The Kier molecular flexibility index (Phi) is 3.74. The van der Waals surface area contributed by atoms with Gasteiger partial charge in [-0.15, -0.1) is 0 Å². The third-order valence-corrected chi connectivity index (χ3v) is 1.78. The fourth-order valence-corrected chi connectivity index (χ4v) is 1.26. The van der Waals surface area contributed by atoms with Gasteiger partial charge in [0.15, 0.2) is 0 Å². The SMILES string of the molecule is COC[C@H](C)Cc1ccncc1. The minimum atomic E-state index is 0.581. The van der Waals surface area contributed by atoms with E-state index < -0.39 is 0 Å². The maximum absolute atomic E-state index is 5.06. The number of hydrogen-bond acceptors (Lipinski definition) is 2. The maximum atomic E-state index is 5.06. The van der Waals surface area contributed by atoms with Gasteiger partial charge in [-0.3, -0.25) is 4.98 Å². The van der Waals surface area contributed by atoms with Crippen LogP contribution in [0.2, 0.25) is 0 Å². The van der Waals surface area contributed by atoms with Crippen molar-refractivity contribution in [2.45, 2.75) is 13.3 Å². The molecule has 2 heteroatoms. The third-order valence-electron chi connectivity index (χ3n) is 1.78. The van der Waals surface area contributed by atoms with Crippen LogP contribution in [0.25, 0.3) is 0 Å². The first-order chi connectivity index (χ1) is 5.83. The van der Waals surface area contributed by atoms with E-state index in [1.165, 1.54) is 5.56 Å². The highest BCUT2D eigenvalue weighted by Crippen LogP contribution is 2.06. The summed E-state index contributed by atoms with van der Waals surface area (Å²) in [6.07, 6.45) is 4.72. The average Bonchev–Trinajstić information content (AvgIpc) is 2.06. The quantitative estimate of drug-likeness (QED) is 0.680. The second-order valence-electron chi connectivity index (χ2n) is 3.12. The molecule has 0 fully saturated rings. The molecule has 0 N–H and O–H groups in total. The molecule has 66 valence electrons. The Balaban J connectivity index is 2.41. The lowest BCUT2D eigenvalue weighted by Gasteiger charge is -2.08. The van der Waals surface area contributed by atoms with Crippen LogP contribution in [0.1, 0.15) is 12.5 Å². The van der Waals surface area contributed by atoms with Gasteiger partial charge >= 0.3 is 0 Å². The van der Waals surface area contributed by atoms with Crippen LogP contribution < -0.4 is 0 Å². The van der Waals surface area contributed by atoms with Crippen molar-refractivity contribution in [1.82, 2.24) is 4.98 Å². The molecule has 0 aliphatic heterocycles. The van der Waals surface area contributed by atoms with Crippen molar-refractivity contribution in [3.05, 3.63) is 30.1 Å². The Hall–Kier alpha value is -0.890. The summed E-state index contributed by atoms with van der Waals surface area (Å²) in [7, 11) is 1.74. The summed E-state index contributed by atoms with van der Waals surface area (Å²) in [6, 6.07) is 4.10. The topological polar surface area (TPSA) is 22.1 Å². The normalized spacial score (nSPS) is 12.8. The van der Waals surface area contributed by atoms with Gasteiger partial charge in [0.25, 0.3) is 0 Å². The van der Waals surface area contributed by atoms with Crippen LogP contribution in [0.15, 0.2) is 24.5 Å². The van der Waals surface area contributed by atoms with Crippen molar-refractivity contribution in [2.24, 2.45) is 5.92 Å². The van der Waals surface area contributed by atoms with Gasteiger partial charge in [0, 0.05) is 26.1 Å². The molecule has 1 rings (SSSR count). The monoisotopic (exact) mass is 165 g/mol. The van der Waals surface area contributed by atoms with Gasteiger partial charge in [-0.2, -0.15) is 0 Å². The molecule has 2 nitrogen and oxygen atoms in total. The van der Waals surface area contributed by atoms with Crippen LogP contribution in [-0.2, 0) is 11.2 Å². The number of hydrogen-bond donors (Lipinski definition) is 0. The second kappa shape index (κ2) is 4.88. The highest BCUT2D eigenvalue weighted by atomic mass is 16.5. The van der Waals surface area contributed by atoms with Gasteiger partial charge in [-0.1, -0.05) is 6.92 Å². The van der Waals surface area contributed by atoms with Crippen molar-refractivity contribution >= 4 is 0 Å². The molecule has 0 saturated carbocycles. The molecule has 0 aliphatic rings. The summed E-state index contributed by atoms with van der Waals surface area (Å²) in [6.45, 7) is 3.01. The number of rotatable bonds is 4. The van der Waals surface area contributed by atoms with E-state index in [0.717, 1.165) is 13.0 Å². The highest BCUT2D eigenvalue weighted by molar-refractivity contribution is 5.10. The Bertz CT molecular complexity index is 210. The van der Waals surface area contributed by atoms with Crippen LogP contribution in [0.5, 0.6) is 0 Å². The predicted octanol–water partition coefficient (Wildman–Crippen LogP) is 1.91. The molecule has 0 saturated heterocycles. The Morgan fingerprint density at radius 3 is 2.67 bits per heavy atom. The van der Waals surface area contributed by atoms with Gasteiger partial charge < -0.3 is 4.74 Å². The predicted molar refractivity (Wildman–Crippen MR) is 49.0 cm³/mol. The second-order valence-corrected chi connectivity index (χ2v) is 3.12. The Morgan fingerprint density at radius 1 is 1.42 bits per heavy atom. The molecule has 0 spiro atoms. The van der Waals surface area contributed by atoms with Crippen molar-refractivity contribution in [1.29, 1.82) is 0 Å². The molecule has 12 heavy (non-hydrogen) atoms. The van der Waals surface area contributed by atoms with Crippen LogP contribution in [-0.4, -0.2) is 18.7 Å². The van der Waals surface area contributed by atoms with Gasteiger partial charge in [0.2, 0.25) is 0 Å². The van der Waals surface area contributed by atoms with Crippen molar-refractivity contribution in [2.75, 3.05) is 13.7 Å². The summed E-state index contributed by atoms with van der Waals surface area (Å²) >= 11 is 0. The zero-order valence-corrected chi connectivity index (χ0v) is 7.66. The first-order valence-corrected chi connectivity index (χ1v) is 4.20. The molecule has 1 aromatic heterocycles. The molecular weight excluding hydrogens is 150 g/mol. The van der Waals surface area contributed by atoms with E-state index in [2.05, 4.69) is 11.9 Å². The van der Waals surface area contributed by atoms with E-state index in [1.54, 1.807) is 7.11 Å². The zero-order valence-electron chi connectivity index (χ0n) is 7.66. The molecule has 1 atom stereocenters. The van der Waals surface area contributed by atoms with Gasteiger partial charge in [-0.05, 0) is 30.0 Å². The van der Waals surface area contributed by atoms with E-state index in [0.29, 0.717) is 5.92 Å². The van der Waals surface area contributed by atoms with E-state index in [9.17, 15) is 0 Å².